The number of carbonyl (C=O) groups excluding carboxylic acids is 1. The minimum Gasteiger partial charge on any atom is -0.492 e. The molecule has 0 bridgehead atoms. The van der Waals surface area contributed by atoms with Crippen molar-refractivity contribution in [2.24, 2.45) is 0 Å². The van der Waals surface area contributed by atoms with Crippen LogP contribution in [0.5, 0.6) is 11.5 Å². The van der Waals surface area contributed by atoms with Gasteiger partial charge in [-0.25, -0.2) is 0 Å². The first-order valence-electron chi connectivity index (χ1n) is 11.0. The molecule has 4 rings (SSSR count). The van der Waals surface area contributed by atoms with E-state index in [1.165, 1.54) is 0 Å². The van der Waals surface area contributed by atoms with Crippen molar-refractivity contribution < 1.29 is 18.8 Å². The predicted molar refractivity (Wildman–Crippen MR) is 122 cm³/mol. The van der Waals surface area contributed by atoms with Gasteiger partial charge < -0.3 is 23.8 Å². The second-order valence-corrected chi connectivity index (χ2v) is 7.80. The fourth-order valence-electron chi connectivity index (χ4n) is 3.91. The summed E-state index contributed by atoms with van der Waals surface area (Å²) in [7, 11) is 0. The summed E-state index contributed by atoms with van der Waals surface area (Å²) in [4.78, 5) is 17.3. The zero-order chi connectivity index (χ0) is 22.5. The second kappa shape index (κ2) is 9.77. The number of hydrogen-bond donors (Lipinski definition) is 0. The molecule has 1 aliphatic rings. The van der Waals surface area contributed by atoms with E-state index in [0.29, 0.717) is 37.6 Å². The molecule has 0 spiro atoms. The summed E-state index contributed by atoms with van der Waals surface area (Å²) in [5.41, 5.74) is 3.46. The minimum atomic E-state index is 0.0190. The van der Waals surface area contributed by atoms with Crippen LogP contribution in [0.1, 0.15) is 34.3 Å². The second-order valence-electron chi connectivity index (χ2n) is 7.80. The Kier molecular flexibility index (Phi) is 6.63. The van der Waals surface area contributed by atoms with Crippen LogP contribution in [-0.2, 0) is 6.61 Å². The van der Waals surface area contributed by atoms with E-state index in [2.05, 4.69) is 16.1 Å². The Morgan fingerprint density at radius 3 is 2.53 bits per heavy atom. The Balaban J connectivity index is 1.38. The molecular weight excluding hydrogens is 406 g/mol. The van der Waals surface area contributed by atoms with Crippen LogP contribution < -0.4 is 14.4 Å². The highest BCUT2D eigenvalue weighted by molar-refractivity contribution is 5.94. The Hall–Kier alpha value is -3.48. The molecule has 0 unspecified atom stereocenters. The number of ether oxygens (including phenoxy) is 2. The molecule has 1 amide bonds. The van der Waals surface area contributed by atoms with Gasteiger partial charge in [-0.1, -0.05) is 23.4 Å². The largest absolute Gasteiger partial charge is 0.492 e. The molecule has 32 heavy (non-hydrogen) atoms. The van der Waals surface area contributed by atoms with Gasteiger partial charge >= 0.3 is 0 Å². The van der Waals surface area contributed by atoms with E-state index in [4.69, 9.17) is 14.0 Å². The number of aryl methyl sites for hydroxylation is 2. The van der Waals surface area contributed by atoms with Crippen LogP contribution in [0, 0.1) is 13.8 Å². The number of aromatic nitrogens is 1. The summed E-state index contributed by atoms with van der Waals surface area (Å²) in [6.07, 6.45) is 0. The van der Waals surface area contributed by atoms with Gasteiger partial charge in [0, 0.05) is 31.7 Å². The maximum atomic E-state index is 13.1. The maximum Gasteiger partial charge on any atom is 0.254 e. The van der Waals surface area contributed by atoms with Crippen LogP contribution in [0.15, 0.2) is 53.1 Å². The Bertz CT molecular complexity index is 1050. The van der Waals surface area contributed by atoms with Gasteiger partial charge in [0.25, 0.3) is 5.91 Å². The molecule has 0 atom stereocenters. The van der Waals surface area contributed by atoms with Gasteiger partial charge in [-0.2, -0.15) is 0 Å². The van der Waals surface area contributed by atoms with Crippen LogP contribution in [0.2, 0.25) is 0 Å². The van der Waals surface area contributed by atoms with Crippen molar-refractivity contribution in [3.63, 3.8) is 0 Å². The zero-order valence-corrected chi connectivity index (χ0v) is 18.8. The lowest BCUT2D eigenvalue weighted by molar-refractivity contribution is 0.0746. The van der Waals surface area contributed by atoms with Gasteiger partial charge in [-0.05, 0) is 51.1 Å². The highest BCUT2D eigenvalue weighted by atomic mass is 16.5. The number of para-hydroxylation sites is 2. The Morgan fingerprint density at radius 2 is 1.81 bits per heavy atom. The molecule has 1 aliphatic heterocycles. The summed E-state index contributed by atoms with van der Waals surface area (Å²) >= 11 is 0. The molecule has 3 aromatic rings. The fraction of sp³-hybridized carbons (Fsp3) is 0.360. The highest BCUT2D eigenvalue weighted by Gasteiger charge is 2.24. The van der Waals surface area contributed by atoms with Gasteiger partial charge in [0.2, 0.25) is 0 Å². The van der Waals surface area contributed by atoms with E-state index in [1.54, 1.807) is 6.07 Å². The molecule has 1 saturated heterocycles. The van der Waals surface area contributed by atoms with E-state index in [1.807, 2.05) is 62.1 Å². The topological polar surface area (TPSA) is 68.0 Å². The number of hydrogen-bond acceptors (Lipinski definition) is 6. The summed E-state index contributed by atoms with van der Waals surface area (Å²) < 4.78 is 16.9. The summed E-state index contributed by atoms with van der Waals surface area (Å²) in [5, 5.41) is 3.95. The standard InChI is InChI=1S/C25H29N3O4/c1-4-30-24-11-6-5-10-23(24)27-12-14-28(15-13-27)25(29)20-8-7-9-21(16-20)31-17-22-18(2)26-32-19(22)3/h5-11,16H,4,12-15,17H2,1-3H3. The van der Waals surface area contributed by atoms with Crippen molar-refractivity contribution in [3.8, 4) is 11.5 Å². The van der Waals surface area contributed by atoms with Gasteiger partial charge in [-0.3, -0.25) is 4.79 Å². The van der Waals surface area contributed by atoms with Crippen LogP contribution in [0.25, 0.3) is 0 Å². The Labute approximate surface area is 188 Å². The molecule has 2 aromatic carbocycles. The molecule has 7 nitrogen and oxygen atoms in total. The predicted octanol–water partition coefficient (Wildman–Crippen LogP) is 4.23. The molecule has 0 N–H and O–H groups in total. The Morgan fingerprint density at radius 1 is 1.03 bits per heavy atom. The molecule has 1 fully saturated rings. The molecule has 0 saturated carbocycles. The number of anilines is 1. The van der Waals surface area contributed by atoms with E-state index >= 15 is 0 Å². The van der Waals surface area contributed by atoms with Crippen LogP contribution >= 0.6 is 0 Å². The van der Waals surface area contributed by atoms with Gasteiger partial charge in [0.05, 0.1) is 23.6 Å². The van der Waals surface area contributed by atoms with Crippen molar-refractivity contribution in [2.45, 2.75) is 27.4 Å². The third-order valence-corrected chi connectivity index (χ3v) is 5.72. The smallest absolute Gasteiger partial charge is 0.254 e. The summed E-state index contributed by atoms with van der Waals surface area (Å²) in [5.74, 6) is 2.31. The molecule has 0 aliphatic carbocycles. The van der Waals surface area contributed by atoms with Crippen LogP contribution in [0.3, 0.4) is 0 Å². The molecule has 2 heterocycles. The maximum absolute atomic E-state index is 13.1. The van der Waals surface area contributed by atoms with E-state index in [9.17, 15) is 4.79 Å². The third-order valence-electron chi connectivity index (χ3n) is 5.72. The highest BCUT2D eigenvalue weighted by Crippen LogP contribution is 2.29. The molecule has 0 radical (unpaired) electrons. The van der Waals surface area contributed by atoms with Crippen LogP contribution in [0.4, 0.5) is 5.69 Å². The fourth-order valence-corrected chi connectivity index (χ4v) is 3.91. The number of benzene rings is 2. The van der Waals surface area contributed by atoms with Gasteiger partial charge in [0.15, 0.2) is 0 Å². The lowest BCUT2D eigenvalue weighted by Gasteiger charge is -2.36. The monoisotopic (exact) mass is 435 g/mol. The van der Waals surface area contributed by atoms with Gasteiger partial charge in [0.1, 0.15) is 23.9 Å². The third kappa shape index (κ3) is 4.72. The molecular formula is C25H29N3O4. The summed E-state index contributed by atoms with van der Waals surface area (Å²) in [6.45, 7) is 9.57. The lowest BCUT2D eigenvalue weighted by atomic mass is 10.1. The molecule has 7 heteroatoms. The van der Waals surface area contributed by atoms with Crippen molar-refractivity contribution >= 4 is 11.6 Å². The SMILES string of the molecule is CCOc1ccccc1N1CCN(C(=O)c2cccc(OCc3c(C)noc3C)c2)CC1. The lowest BCUT2D eigenvalue weighted by Crippen LogP contribution is -2.48. The first kappa shape index (κ1) is 21.7. The first-order valence-corrected chi connectivity index (χ1v) is 11.0. The number of piperazine rings is 1. The van der Waals surface area contributed by atoms with Gasteiger partial charge in [-0.15, -0.1) is 0 Å². The number of amides is 1. The zero-order valence-electron chi connectivity index (χ0n) is 18.8. The van der Waals surface area contributed by atoms with E-state index in [-0.39, 0.29) is 5.91 Å². The number of rotatable bonds is 7. The van der Waals surface area contributed by atoms with Crippen molar-refractivity contribution in [1.29, 1.82) is 0 Å². The average molecular weight is 436 g/mol. The number of carbonyl (C=O) groups is 1. The van der Waals surface area contributed by atoms with Crippen LogP contribution in [-0.4, -0.2) is 48.7 Å². The minimum absolute atomic E-state index is 0.0190. The molecule has 1 aromatic heterocycles. The molecule has 168 valence electrons. The normalized spacial score (nSPS) is 13.8. The van der Waals surface area contributed by atoms with Crippen molar-refractivity contribution in [1.82, 2.24) is 10.1 Å². The number of nitrogens with zero attached hydrogens (tertiary/aromatic N) is 3. The van der Waals surface area contributed by atoms with Crippen molar-refractivity contribution in [3.05, 3.63) is 71.1 Å². The van der Waals surface area contributed by atoms with E-state index < -0.39 is 0 Å². The average Bonchev–Trinajstić information content (AvgIpc) is 3.15. The van der Waals surface area contributed by atoms with E-state index in [0.717, 1.165) is 41.5 Å². The quantitative estimate of drug-likeness (QED) is 0.553. The summed E-state index contributed by atoms with van der Waals surface area (Å²) in [6, 6.07) is 15.4. The van der Waals surface area contributed by atoms with Crippen molar-refractivity contribution in [2.75, 3.05) is 37.7 Å². The first-order chi connectivity index (χ1) is 15.6.